The summed E-state index contributed by atoms with van der Waals surface area (Å²) in [4.78, 5) is 0. The van der Waals surface area contributed by atoms with Gasteiger partial charge in [0.15, 0.2) is 0 Å². The maximum absolute atomic E-state index is 8.12. The van der Waals surface area contributed by atoms with Crippen LogP contribution >= 0.6 is 0 Å². The zero-order valence-corrected chi connectivity index (χ0v) is 7.59. The first-order chi connectivity index (χ1) is 3.41. The van der Waals surface area contributed by atoms with Gasteiger partial charge in [-0.15, -0.1) is 13.1 Å². The molecule has 0 aliphatic rings. The zero-order valence-electron chi connectivity index (χ0n) is 4.75. The summed E-state index contributed by atoms with van der Waals surface area (Å²) >= 11 is 0. The molecule has 0 atom stereocenters. The van der Waals surface area contributed by atoms with Crippen LogP contribution in [0.1, 0.15) is 0 Å². The first-order valence-electron chi connectivity index (χ1n) is 2.26. The molecule has 0 unspecified atom stereocenters. The predicted molar refractivity (Wildman–Crippen MR) is 27.3 cm³/mol. The minimum Gasteiger partial charge on any atom is -0.659 e. The third-order valence-corrected chi connectivity index (χ3v) is 0.516. The molecule has 0 aromatic carbocycles. The molecule has 2 N–H and O–H groups in total. The normalized spacial score (nSPS) is 8.25. The average molecular weight is 193 g/mol. The number of hydrogen-bond acceptors (Lipinski definition) is 2. The van der Waals surface area contributed by atoms with Gasteiger partial charge in [0.05, 0.1) is 0 Å². The van der Waals surface area contributed by atoms with Crippen molar-refractivity contribution in [3.8, 4) is 0 Å². The van der Waals surface area contributed by atoms with Crippen molar-refractivity contribution in [1.29, 1.82) is 0 Å². The van der Waals surface area contributed by atoms with E-state index in [0.29, 0.717) is 13.1 Å². The molecule has 0 heterocycles. The average Bonchev–Trinajstić information content (AvgIpc) is 1.69. The Labute approximate surface area is 74.4 Å². The summed E-state index contributed by atoms with van der Waals surface area (Å²) in [5.74, 6) is 0. The van der Waals surface area contributed by atoms with Crippen LogP contribution in [0.3, 0.4) is 0 Å². The van der Waals surface area contributed by atoms with Crippen molar-refractivity contribution in [1.82, 2.24) is 0 Å². The van der Waals surface area contributed by atoms with Crippen molar-refractivity contribution in [2.24, 2.45) is 0 Å². The van der Waals surface area contributed by atoms with Gasteiger partial charge < -0.3 is 15.5 Å². The van der Waals surface area contributed by atoms with E-state index >= 15 is 0 Å². The summed E-state index contributed by atoms with van der Waals surface area (Å²) in [5, 5.41) is 19.9. The van der Waals surface area contributed by atoms with Gasteiger partial charge in [-0.2, -0.15) is 0 Å². The van der Waals surface area contributed by atoms with Crippen molar-refractivity contribution in [3.05, 3.63) is 5.32 Å². The fraction of sp³-hybridized carbons (Fsp3) is 1.00. The maximum atomic E-state index is 8.12. The minimum absolute atomic E-state index is 0. The van der Waals surface area contributed by atoms with E-state index in [2.05, 4.69) is 5.32 Å². The van der Waals surface area contributed by atoms with Crippen LogP contribution in [0, 0.1) is 0 Å². The number of rotatable bonds is 4. The molecule has 4 heteroatoms. The van der Waals surface area contributed by atoms with Crippen molar-refractivity contribution < 1.29 is 42.9 Å². The van der Waals surface area contributed by atoms with Crippen molar-refractivity contribution in [2.45, 2.75) is 0 Å². The molecule has 0 aliphatic heterocycles. The largest absolute Gasteiger partial charge is 0.659 e. The molecule has 0 bridgehead atoms. The summed E-state index contributed by atoms with van der Waals surface area (Å²) in [7, 11) is 0. The van der Waals surface area contributed by atoms with Crippen molar-refractivity contribution in [3.63, 3.8) is 0 Å². The molecule has 0 saturated heterocycles. The molecule has 8 heavy (non-hydrogen) atoms. The Morgan fingerprint density at radius 2 is 1.38 bits per heavy atom. The fourth-order valence-corrected chi connectivity index (χ4v) is 0.253. The second-order valence-corrected chi connectivity index (χ2v) is 1.12. The Balaban J connectivity index is 0. The number of aliphatic hydroxyl groups excluding tert-OH is 2. The van der Waals surface area contributed by atoms with Crippen LogP contribution in [0.15, 0.2) is 0 Å². The van der Waals surface area contributed by atoms with Crippen LogP contribution < -0.4 is 0 Å². The molecule has 0 aromatic heterocycles. The third kappa shape index (κ3) is 10.1. The van der Waals surface area contributed by atoms with E-state index in [1.54, 1.807) is 0 Å². The molecule has 0 aromatic rings. The maximum Gasteiger partial charge on any atom is 0.0243 e. The SMILES string of the molecule is OCC[N-]CCO.[Y]. The quantitative estimate of drug-likeness (QED) is 0.582. The van der Waals surface area contributed by atoms with Crippen molar-refractivity contribution in [2.75, 3.05) is 26.3 Å². The Bertz CT molecular complexity index is 33.2. The molecule has 0 saturated carbocycles. The molecule has 47 valence electrons. The molecular weight excluding hydrogens is 183 g/mol. The van der Waals surface area contributed by atoms with Gasteiger partial charge in [0.2, 0.25) is 0 Å². The summed E-state index contributed by atoms with van der Waals surface area (Å²) in [5.41, 5.74) is 0. The number of nitrogens with zero attached hydrogens (tertiary/aromatic N) is 1. The molecule has 0 fully saturated rings. The van der Waals surface area contributed by atoms with E-state index in [0.717, 1.165) is 0 Å². The van der Waals surface area contributed by atoms with Gasteiger partial charge in [0.1, 0.15) is 0 Å². The van der Waals surface area contributed by atoms with Crippen LogP contribution in [0.25, 0.3) is 5.32 Å². The predicted octanol–water partition coefficient (Wildman–Crippen LogP) is -0.658. The van der Waals surface area contributed by atoms with E-state index < -0.39 is 0 Å². The smallest absolute Gasteiger partial charge is 0.0243 e. The topological polar surface area (TPSA) is 54.6 Å². The van der Waals surface area contributed by atoms with E-state index in [-0.39, 0.29) is 45.9 Å². The second kappa shape index (κ2) is 10.9. The second-order valence-electron chi connectivity index (χ2n) is 1.12. The molecule has 1 radical (unpaired) electrons. The van der Waals surface area contributed by atoms with Crippen LogP contribution in [0.4, 0.5) is 0 Å². The molecule has 0 rings (SSSR count). The number of hydrogen-bond donors (Lipinski definition) is 2. The Kier molecular flexibility index (Phi) is 16.0. The molecule has 0 aliphatic carbocycles. The van der Waals surface area contributed by atoms with Gasteiger partial charge in [-0.3, -0.25) is 0 Å². The van der Waals surface area contributed by atoms with Gasteiger partial charge in [-0.25, -0.2) is 0 Å². The number of aliphatic hydroxyl groups is 2. The fourth-order valence-electron chi connectivity index (χ4n) is 0.253. The van der Waals surface area contributed by atoms with Crippen LogP contribution in [-0.2, 0) is 32.7 Å². The summed E-state index contributed by atoms with van der Waals surface area (Å²) < 4.78 is 0. The van der Waals surface area contributed by atoms with E-state index in [1.165, 1.54) is 0 Å². The first-order valence-corrected chi connectivity index (χ1v) is 2.26. The Hall–Kier alpha value is 0.984. The van der Waals surface area contributed by atoms with Gasteiger partial charge in [0, 0.05) is 45.9 Å². The van der Waals surface area contributed by atoms with E-state index in [1.807, 2.05) is 0 Å². The van der Waals surface area contributed by atoms with Gasteiger partial charge in [0.25, 0.3) is 0 Å². The first kappa shape index (κ1) is 11.7. The van der Waals surface area contributed by atoms with Crippen molar-refractivity contribution >= 4 is 0 Å². The van der Waals surface area contributed by atoms with E-state index in [4.69, 9.17) is 10.2 Å². The summed E-state index contributed by atoms with van der Waals surface area (Å²) in [6.45, 7) is 1.06. The molecule has 0 amide bonds. The Morgan fingerprint density at radius 3 is 1.62 bits per heavy atom. The van der Waals surface area contributed by atoms with Crippen LogP contribution in [0.2, 0.25) is 0 Å². The summed E-state index contributed by atoms with van der Waals surface area (Å²) in [6, 6.07) is 0. The molecular formula is C4H10NO2Y-. The molecule has 3 nitrogen and oxygen atoms in total. The summed E-state index contributed by atoms with van der Waals surface area (Å²) in [6.07, 6.45) is 0. The Morgan fingerprint density at radius 1 is 1.00 bits per heavy atom. The molecule has 0 spiro atoms. The standard InChI is InChI=1S/C4H10NO2.Y/c6-3-1-5-2-4-7;/h6-7H,1-4H2;/q-1;. The zero-order chi connectivity index (χ0) is 5.54. The van der Waals surface area contributed by atoms with Gasteiger partial charge >= 0.3 is 0 Å². The van der Waals surface area contributed by atoms with Crippen LogP contribution in [0.5, 0.6) is 0 Å². The van der Waals surface area contributed by atoms with Gasteiger partial charge in [-0.1, -0.05) is 0 Å². The van der Waals surface area contributed by atoms with E-state index in [9.17, 15) is 0 Å². The third-order valence-electron chi connectivity index (χ3n) is 0.516. The minimum atomic E-state index is 0. The van der Waals surface area contributed by atoms with Gasteiger partial charge in [-0.05, 0) is 0 Å². The monoisotopic (exact) mass is 193 g/mol. The van der Waals surface area contributed by atoms with Crippen LogP contribution in [-0.4, -0.2) is 36.5 Å².